The molecule has 5 rings (SSSR count). The number of nitrogens with zero attached hydrogens (tertiary/aromatic N) is 1. The summed E-state index contributed by atoms with van der Waals surface area (Å²) in [6.45, 7) is 1.11. The summed E-state index contributed by atoms with van der Waals surface area (Å²) in [5.41, 5.74) is 4.46. The lowest BCUT2D eigenvalue weighted by Crippen LogP contribution is -2.35. The van der Waals surface area contributed by atoms with Gasteiger partial charge in [-0.05, 0) is 60.5 Å². The lowest BCUT2D eigenvalue weighted by Gasteiger charge is -2.26. The van der Waals surface area contributed by atoms with E-state index >= 15 is 0 Å². The highest BCUT2D eigenvalue weighted by atomic mass is 16.5. The van der Waals surface area contributed by atoms with E-state index in [-0.39, 0.29) is 11.8 Å². The maximum absolute atomic E-state index is 13.0. The van der Waals surface area contributed by atoms with E-state index in [0.29, 0.717) is 43.7 Å². The molecule has 36 heavy (non-hydrogen) atoms. The van der Waals surface area contributed by atoms with Gasteiger partial charge in [0.15, 0.2) is 0 Å². The van der Waals surface area contributed by atoms with Crippen molar-refractivity contribution in [3.8, 4) is 17.1 Å². The van der Waals surface area contributed by atoms with Crippen LogP contribution in [-0.4, -0.2) is 30.4 Å². The molecular formula is C30H28N2O4. The number of fused-ring (bicyclic) bond motifs is 1. The minimum absolute atomic E-state index is 0.0131. The molecule has 1 aliphatic rings. The molecule has 0 radical (unpaired) electrons. The van der Waals surface area contributed by atoms with Gasteiger partial charge in [-0.25, -0.2) is 0 Å². The number of furan rings is 1. The Kier molecular flexibility index (Phi) is 6.85. The maximum Gasteiger partial charge on any atom is 0.254 e. The highest BCUT2D eigenvalue weighted by Crippen LogP contribution is 2.31. The number of amides is 2. The first-order valence-electron chi connectivity index (χ1n) is 12.1. The Morgan fingerprint density at radius 1 is 0.972 bits per heavy atom. The molecule has 2 amide bonds. The normalized spacial score (nSPS) is 12.6. The lowest BCUT2D eigenvalue weighted by molar-refractivity contribution is -0.116. The third-order valence-electron chi connectivity index (χ3n) is 6.41. The van der Waals surface area contributed by atoms with E-state index in [2.05, 4.69) is 5.32 Å². The highest BCUT2D eigenvalue weighted by molar-refractivity contribution is 5.94. The van der Waals surface area contributed by atoms with E-state index in [1.54, 1.807) is 13.2 Å². The fraction of sp³-hybridized carbons (Fsp3) is 0.200. The minimum Gasteiger partial charge on any atom is -0.497 e. The van der Waals surface area contributed by atoms with Crippen LogP contribution in [0.2, 0.25) is 0 Å². The van der Waals surface area contributed by atoms with Gasteiger partial charge in [-0.1, -0.05) is 36.4 Å². The van der Waals surface area contributed by atoms with Crippen molar-refractivity contribution in [2.45, 2.75) is 25.8 Å². The monoisotopic (exact) mass is 480 g/mol. The SMILES string of the molecule is COc1cccc(C(=O)N2CCc3oc(-c4ccc(NC(=O)CCc5ccccc5)cc4)cc3C2)c1. The molecule has 0 aliphatic carbocycles. The molecule has 4 aromatic rings. The molecule has 0 spiro atoms. The summed E-state index contributed by atoms with van der Waals surface area (Å²) in [4.78, 5) is 27.2. The van der Waals surface area contributed by atoms with Gasteiger partial charge in [-0.15, -0.1) is 0 Å². The van der Waals surface area contributed by atoms with Crippen LogP contribution < -0.4 is 10.1 Å². The van der Waals surface area contributed by atoms with E-state index in [9.17, 15) is 9.59 Å². The van der Waals surface area contributed by atoms with Crippen molar-refractivity contribution < 1.29 is 18.7 Å². The van der Waals surface area contributed by atoms with Gasteiger partial charge in [-0.3, -0.25) is 9.59 Å². The Morgan fingerprint density at radius 2 is 1.78 bits per heavy atom. The molecule has 6 heteroatoms. The van der Waals surface area contributed by atoms with E-state index in [1.807, 2.05) is 83.8 Å². The van der Waals surface area contributed by atoms with Crippen LogP contribution in [0.3, 0.4) is 0 Å². The molecule has 1 aromatic heterocycles. The second kappa shape index (κ2) is 10.5. The zero-order chi connectivity index (χ0) is 24.9. The van der Waals surface area contributed by atoms with Crippen molar-refractivity contribution in [1.82, 2.24) is 4.90 Å². The van der Waals surface area contributed by atoms with Gasteiger partial charge in [0.05, 0.1) is 7.11 Å². The summed E-state index contributed by atoms with van der Waals surface area (Å²) in [6.07, 6.45) is 1.81. The summed E-state index contributed by atoms with van der Waals surface area (Å²) in [5, 5.41) is 2.96. The molecule has 0 bridgehead atoms. The van der Waals surface area contributed by atoms with E-state index in [4.69, 9.17) is 9.15 Å². The molecular weight excluding hydrogens is 452 g/mol. The molecule has 182 valence electrons. The quantitative estimate of drug-likeness (QED) is 0.367. The van der Waals surface area contributed by atoms with E-state index in [1.165, 1.54) is 0 Å². The largest absolute Gasteiger partial charge is 0.497 e. The molecule has 6 nitrogen and oxygen atoms in total. The summed E-state index contributed by atoms with van der Waals surface area (Å²) in [5.74, 6) is 2.31. The molecule has 0 atom stereocenters. The van der Waals surface area contributed by atoms with Crippen LogP contribution in [0.5, 0.6) is 5.75 Å². The highest BCUT2D eigenvalue weighted by Gasteiger charge is 2.25. The number of rotatable bonds is 7. The fourth-order valence-corrected chi connectivity index (χ4v) is 4.43. The van der Waals surface area contributed by atoms with Crippen molar-refractivity contribution in [1.29, 1.82) is 0 Å². The molecule has 1 aliphatic heterocycles. The summed E-state index contributed by atoms with van der Waals surface area (Å²) in [6, 6.07) is 26.9. The van der Waals surface area contributed by atoms with Gasteiger partial charge in [0.25, 0.3) is 5.91 Å². The maximum atomic E-state index is 13.0. The van der Waals surface area contributed by atoms with Crippen LogP contribution in [0.1, 0.15) is 33.7 Å². The number of carbonyl (C=O) groups is 2. The minimum atomic E-state index is -0.0188. The van der Waals surface area contributed by atoms with Crippen LogP contribution in [0.4, 0.5) is 5.69 Å². The number of carbonyl (C=O) groups excluding carboxylic acids is 2. The zero-order valence-corrected chi connectivity index (χ0v) is 20.2. The number of hydrogen-bond acceptors (Lipinski definition) is 4. The van der Waals surface area contributed by atoms with E-state index < -0.39 is 0 Å². The van der Waals surface area contributed by atoms with Gasteiger partial charge < -0.3 is 19.4 Å². The number of aryl methyl sites for hydroxylation is 1. The van der Waals surface area contributed by atoms with Crippen LogP contribution in [0, 0.1) is 0 Å². The van der Waals surface area contributed by atoms with Crippen LogP contribution in [0.25, 0.3) is 11.3 Å². The molecule has 0 unspecified atom stereocenters. The summed E-state index contributed by atoms with van der Waals surface area (Å²) >= 11 is 0. The van der Waals surface area contributed by atoms with Gasteiger partial charge >= 0.3 is 0 Å². The average molecular weight is 481 g/mol. The Bertz CT molecular complexity index is 1360. The standard InChI is InChI=1S/C30H28N2O4/c1-35-26-9-5-8-23(18-26)30(34)32-17-16-27-24(20-32)19-28(36-27)22-11-13-25(14-12-22)31-29(33)15-10-21-6-3-2-4-7-21/h2-9,11-14,18-19H,10,15-17,20H2,1H3,(H,31,33). The van der Waals surface area contributed by atoms with Crippen molar-refractivity contribution in [3.05, 3.63) is 107 Å². The Hall–Kier alpha value is -4.32. The zero-order valence-electron chi connectivity index (χ0n) is 20.2. The average Bonchev–Trinajstić information content (AvgIpc) is 3.36. The predicted molar refractivity (Wildman–Crippen MR) is 139 cm³/mol. The fourth-order valence-electron chi connectivity index (χ4n) is 4.43. The third kappa shape index (κ3) is 5.33. The molecule has 0 fully saturated rings. The second-order valence-electron chi connectivity index (χ2n) is 8.88. The summed E-state index contributed by atoms with van der Waals surface area (Å²) < 4.78 is 11.4. The Balaban J connectivity index is 1.21. The number of nitrogens with one attached hydrogen (secondary N) is 1. The van der Waals surface area contributed by atoms with Crippen molar-refractivity contribution in [2.75, 3.05) is 19.0 Å². The van der Waals surface area contributed by atoms with Crippen molar-refractivity contribution in [2.24, 2.45) is 0 Å². The molecule has 0 saturated heterocycles. The number of hydrogen-bond donors (Lipinski definition) is 1. The smallest absolute Gasteiger partial charge is 0.254 e. The topological polar surface area (TPSA) is 71.8 Å². The molecule has 2 heterocycles. The molecule has 3 aromatic carbocycles. The molecule has 1 N–H and O–H groups in total. The molecule has 0 saturated carbocycles. The van der Waals surface area contributed by atoms with Crippen LogP contribution in [-0.2, 0) is 24.2 Å². The van der Waals surface area contributed by atoms with Gasteiger partial charge in [0.2, 0.25) is 5.91 Å². The first kappa shape index (κ1) is 23.4. The third-order valence-corrected chi connectivity index (χ3v) is 6.41. The first-order valence-corrected chi connectivity index (χ1v) is 12.1. The summed E-state index contributed by atoms with van der Waals surface area (Å²) in [7, 11) is 1.59. The van der Waals surface area contributed by atoms with Gasteiger partial charge in [0.1, 0.15) is 17.3 Å². The van der Waals surface area contributed by atoms with Crippen molar-refractivity contribution >= 4 is 17.5 Å². The van der Waals surface area contributed by atoms with Crippen LogP contribution >= 0.6 is 0 Å². The van der Waals surface area contributed by atoms with E-state index in [0.717, 1.165) is 33.9 Å². The van der Waals surface area contributed by atoms with Crippen molar-refractivity contribution in [3.63, 3.8) is 0 Å². The number of methoxy groups -OCH3 is 1. The second-order valence-corrected chi connectivity index (χ2v) is 8.88. The van der Waals surface area contributed by atoms with Crippen LogP contribution in [0.15, 0.2) is 89.3 Å². The predicted octanol–water partition coefficient (Wildman–Crippen LogP) is 5.73. The number of ether oxygens (including phenoxy) is 1. The Labute approximate surface area is 210 Å². The Morgan fingerprint density at radius 3 is 2.56 bits per heavy atom. The van der Waals surface area contributed by atoms with Gasteiger partial charge in [0, 0.05) is 48.3 Å². The first-order chi connectivity index (χ1) is 17.6. The lowest BCUT2D eigenvalue weighted by atomic mass is 10.1. The number of anilines is 1. The van der Waals surface area contributed by atoms with Gasteiger partial charge in [-0.2, -0.15) is 0 Å². The number of benzene rings is 3.